The highest BCUT2D eigenvalue weighted by Gasteiger charge is 2.17. The summed E-state index contributed by atoms with van der Waals surface area (Å²) in [6, 6.07) is 18.8. The molecular weight excluding hydrogens is 462 g/mol. The van der Waals surface area contributed by atoms with E-state index in [0.29, 0.717) is 12.1 Å². The summed E-state index contributed by atoms with van der Waals surface area (Å²) in [5.74, 6) is -0.0649. The molecule has 37 heavy (non-hydrogen) atoms. The molecule has 7 nitrogen and oxygen atoms in total. The quantitative estimate of drug-likeness (QED) is 0.410. The van der Waals surface area contributed by atoms with E-state index < -0.39 is 0 Å². The minimum absolute atomic E-state index is 0.0649. The molecule has 0 radical (unpaired) electrons. The lowest BCUT2D eigenvalue weighted by Gasteiger charge is -2.34. The van der Waals surface area contributed by atoms with Gasteiger partial charge in [-0.3, -0.25) is 4.79 Å². The van der Waals surface area contributed by atoms with E-state index >= 15 is 0 Å². The van der Waals surface area contributed by atoms with E-state index in [4.69, 9.17) is 4.74 Å². The Balaban J connectivity index is 1.19. The molecule has 1 amide bonds. The monoisotopic (exact) mass is 495 g/mol. The Morgan fingerprint density at radius 2 is 1.78 bits per heavy atom. The molecule has 2 saturated heterocycles. The third-order valence-corrected chi connectivity index (χ3v) is 7.57. The first-order valence-corrected chi connectivity index (χ1v) is 13.2. The van der Waals surface area contributed by atoms with Gasteiger partial charge >= 0.3 is 0 Å². The second-order valence-corrected chi connectivity index (χ2v) is 10.1. The number of piperazine rings is 1. The lowest BCUT2D eigenvalue weighted by molar-refractivity contribution is 0.0858. The molecule has 6 rings (SSSR count). The van der Waals surface area contributed by atoms with Crippen molar-refractivity contribution in [2.75, 3.05) is 51.3 Å². The van der Waals surface area contributed by atoms with Gasteiger partial charge in [0.25, 0.3) is 5.91 Å². The zero-order valence-electron chi connectivity index (χ0n) is 21.2. The van der Waals surface area contributed by atoms with Crippen molar-refractivity contribution < 1.29 is 9.53 Å². The number of nitrogens with zero attached hydrogens (tertiary/aromatic N) is 3. The van der Waals surface area contributed by atoms with E-state index in [1.54, 1.807) is 0 Å². The zero-order valence-corrected chi connectivity index (χ0v) is 21.2. The molecule has 4 aromatic rings. The normalized spacial score (nSPS) is 18.4. The van der Waals surface area contributed by atoms with Crippen molar-refractivity contribution in [2.24, 2.45) is 0 Å². The number of aromatic amines is 1. The van der Waals surface area contributed by atoms with Crippen LogP contribution in [-0.4, -0.2) is 73.3 Å². The van der Waals surface area contributed by atoms with Crippen molar-refractivity contribution in [3.63, 3.8) is 0 Å². The number of benzene rings is 2. The highest BCUT2D eigenvalue weighted by Crippen LogP contribution is 2.32. The summed E-state index contributed by atoms with van der Waals surface area (Å²) in [7, 11) is 2.18. The number of H-pyrrole nitrogens is 1. The molecule has 7 heteroatoms. The topological polar surface area (TPSA) is 73.5 Å². The first-order chi connectivity index (χ1) is 18.1. The van der Waals surface area contributed by atoms with Gasteiger partial charge in [0.2, 0.25) is 0 Å². The maximum atomic E-state index is 12.6. The second kappa shape index (κ2) is 10.4. The van der Waals surface area contributed by atoms with Crippen molar-refractivity contribution in [1.82, 2.24) is 20.2 Å². The van der Waals surface area contributed by atoms with Crippen LogP contribution < -0.4 is 10.2 Å². The molecule has 2 N–H and O–H groups in total. The fourth-order valence-electron chi connectivity index (χ4n) is 5.24. The van der Waals surface area contributed by atoms with Crippen LogP contribution >= 0.6 is 0 Å². The number of anilines is 1. The van der Waals surface area contributed by atoms with Gasteiger partial charge in [-0.2, -0.15) is 0 Å². The molecule has 4 heterocycles. The fraction of sp³-hybridized carbons (Fsp3) is 0.333. The highest BCUT2D eigenvalue weighted by molar-refractivity contribution is 5.98. The maximum absolute atomic E-state index is 12.6. The predicted molar refractivity (Wildman–Crippen MR) is 148 cm³/mol. The molecule has 2 aromatic carbocycles. The van der Waals surface area contributed by atoms with E-state index in [1.165, 1.54) is 5.69 Å². The number of aromatic nitrogens is 2. The summed E-state index contributed by atoms with van der Waals surface area (Å²) in [5.41, 5.74) is 7.14. The van der Waals surface area contributed by atoms with Gasteiger partial charge in [0.1, 0.15) is 5.65 Å². The molecule has 0 aliphatic carbocycles. The third-order valence-electron chi connectivity index (χ3n) is 7.57. The van der Waals surface area contributed by atoms with Crippen LogP contribution in [0.4, 0.5) is 5.69 Å². The minimum Gasteiger partial charge on any atom is -0.376 e. The summed E-state index contributed by atoms with van der Waals surface area (Å²) in [5, 5.41) is 4.06. The van der Waals surface area contributed by atoms with Gasteiger partial charge in [-0.25, -0.2) is 4.98 Å². The van der Waals surface area contributed by atoms with E-state index in [9.17, 15) is 4.79 Å². The molecule has 2 aromatic heterocycles. The van der Waals surface area contributed by atoms with Gasteiger partial charge in [-0.15, -0.1) is 0 Å². The van der Waals surface area contributed by atoms with Crippen LogP contribution in [0, 0.1) is 0 Å². The van der Waals surface area contributed by atoms with Crippen LogP contribution in [0.15, 0.2) is 67.0 Å². The van der Waals surface area contributed by atoms with Gasteiger partial charge in [0.15, 0.2) is 0 Å². The highest BCUT2D eigenvalue weighted by atomic mass is 16.5. The summed E-state index contributed by atoms with van der Waals surface area (Å²) >= 11 is 0. The van der Waals surface area contributed by atoms with Crippen LogP contribution in [0.5, 0.6) is 0 Å². The number of hydrogen-bond donors (Lipinski definition) is 2. The molecular formula is C30H33N5O2. The molecule has 2 aliphatic rings. The number of likely N-dealkylation sites (N-methyl/N-ethyl adjacent to an activating group) is 1. The Bertz CT molecular complexity index is 1370. The number of pyridine rings is 1. The Hall–Kier alpha value is -3.68. The number of rotatable bonds is 6. The summed E-state index contributed by atoms with van der Waals surface area (Å²) in [6.07, 6.45) is 6.13. The lowest BCUT2D eigenvalue weighted by atomic mass is 10.0. The van der Waals surface area contributed by atoms with Crippen LogP contribution in [0.2, 0.25) is 0 Å². The molecule has 1 atom stereocenters. The average molecular weight is 496 g/mol. The molecule has 0 saturated carbocycles. The number of nitrogens with one attached hydrogen (secondary N) is 2. The van der Waals surface area contributed by atoms with E-state index in [0.717, 1.165) is 78.9 Å². The number of ether oxygens (including phenoxy) is 1. The Morgan fingerprint density at radius 3 is 2.51 bits per heavy atom. The molecule has 1 unspecified atom stereocenters. The second-order valence-electron chi connectivity index (χ2n) is 10.1. The summed E-state index contributed by atoms with van der Waals surface area (Å²) < 4.78 is 5.60. The van der Waals surface area contributed by atoms with Crippen LogP contribution in [0.25, 0.3) is 33.3 Å². The first kappa shape index (κ1) is 23.7. The molecule has 2 aliphatic heterocycles. The molecule has 190 valence electrons. The number of amides is 1. The predicted octanol–water partition coefficient (Wildman–Crippen LogP) is 4.56. The molecule has 0 bridgehead atoms. The average Bonchev–Trinajstić information content (AvgIpc) is 3.62. The zero-order chi connectivity index (χ0) is 25.2. The summed E-state index contributed by atoms with van der Waals surface area (Å²) in [6.45, 7) is 5.67. The van der Waals surface area contributed by atoms with E-state index in [-0.39, 0.29) is 12.0 Å². The van der Waals surface area contributed by atoms with Crippen molar-refractivity contribution in [1.29, 1.82) is 0 Å². The summed E-state index contributed by atoms with van der Waals surface area (Å²) in [4.78, 5) is 25.4. The number of hydrogen-bond acceptors (Lipinski definition) is 5. The lowest BCUT2D eigenvalue weighted by Crippen LogP contribution is -2.44. The van der Waals surface area contributed by atoms with E-state index in [1.807, 2.05) is 36.7 Å². The molecule has 2 fully saturated rings. The smallest absolute Gasteiger partial charge is 0.251 e. The van der Waals surface area contributed by atoms with Crippen molar-refractivity contribution >= 4 is 22.6 Å². The molecule has 0 spiro atoms. The van der Waals surface area contributed by atoms with Crippen LogP contribution in [0.1, 0.15) is 23.2 Å². The van der Waals surface area contributed by atoms with Crippen LogP contribution in [-0.2, 0) is 4.74 Å². The van der Waals surface area contributed by atoms with Crippen molar-refractivity contribution in [2.45, 2.75) is 18.9 Å². The Morgan fingerprint density at radius 1 is 1.03 bits per heavy atom. The van der Waals surface area contributed by atoms with Crippen LogP contribution in [0.3, 0.4) is 0 Å². The van der Waals surface area contributed by atoms with Gasteiger partial charge in [0, 0.05) is 79.5 Å². The van der Waals surface area contributed by atoms with Gasteiger partial charge < -0.3 is 24.8 Å². The minimum atomic E-state index is -0.0649. The van der Waals surface area contributed by atoms with Gasteiger partial charge in [0.05, 0.1) is 6.10 Å². The standard InChI is InChI=1S/C30H33N5O2/c1-34-12-14-35(15-13-34)25-10-8-21(9-11-25)24-17-27-28(20-32-29(27)31-18-24)22-4-6-23(7-5-22)30(36)33-19-26-3-2-16-37-26/h4-11,17-18,20,26H,2-3,12-16,19H2,1H3,(H,31,32)(H,33,36). The van der Waals surface area contributed by atoms with Gasteiger partial charge in [-0.05, 0) is 61.3 Å². The van der Waals surface area contributed by atoms with E-state index in [2.05, 4.69) is 62.5 Å². The largest absolute Gasteiger partial charge is 0.376 e. The first-order valence-electron chi connectivity index (χ1n) is 13.2. The maximum Gasteiger partial charge on any atom is 0.251 e. The Labute approximate surface area is 217 Å². The number of carbonyl (C=O) groups excluding carboxylic acids is 1. The van der Waals surface area contributed by atoms with Gasteiger partial charge in [-0.1, -0.05) is 24.3 Å². The number of carbonyl (C=O) groups is 1. The number of fused-ring (bicyclic) bond motifs is 1. The fourth-order valence-corrected chi connectivity index (χ4v) is 5.24. The third kappa shape index (κ3) is 5.10. The van der Waals surface area contributed by atoms with Crippen molar-refractivity contribution in [3.8, 4) is 22.3 Å². The van der Waals surface area contributed by atoms with Crippen molar-refractivity contribution in [3.05, 3.63) is 72.6 Å². The Kier molecular flexibility index (Phi) is 6.64. The SMILES string of the molecule is CN1CCN(c2ccc(-c3cnc4[nH]cc(-c5ccc(C(=O)NCC6CCCO6)cc5)c4c3)cc2)CC1.